The molecule has 0 fully saturated rings. The minimum Gasteiger partial charge on any atom is -0.489 e. The molecule has 0 radical (unpaired) electrons. The molecule has 0 amide bonds. The van der Waals surface area contributed by atoms with Crippen LogP contribution in [-0.4, -0.2) is 21.6 Å². The monoisotopic (exact) mass is 269 g/mol. The Balaban J connectivity index is 2.38. The van der Waals surface area contributed by atoms with Crippen LogP contribution in [0.2, 0.25) is 5.15 Å². The fourth-order valence-electron chi connectivity index (χ4n) is 1.49. The summed E-state index contributed by atoms with van der Waals surface area (Å²) < 4.78 is 11.6. The molecule has 0 atom stereocenters. The zero-order valence-corrected chi connectivity index (χ0v) is 11.0. The van der Waals surface area contributed by atoms with Gasteiger partial charge >= 0.3 is 0 Å². The predicted octanol–water partition coefficient (Wildman–Crippen LogP) is 1.56. The predicted molar refractivity (Wildman–Crippen MR) is 65.1 cm³/mol. The molecule has 2 aromatic heterocycles. The highest BCUT2D eigenvalue weighted by atomic mass is 35.5. The maximum absolute atomic E-state index is 12.0. The molecule has 0 saturated heterocycles. The van der Waals surface area contributed by atoms with Crippen LogP contribution in [0.25, 0.3) is 0 Å². The number of aromatic nitrogens is 3. The molecular weight excluding hydrogens is 258 g/mol. The Bertz CT molecular complexity index is 613. The van der Waals surface area contributed by atoms with Gasteiger partial charge in [0.2, 0.25) is 11.6 Å². The summed E-state index contributed by atoms with van der Waals surface area (Å²) in [4.78, 5) is 20.0. The summed E-state index contributed by atoms with van der Waals surface area (Å²) in [5.74, 6) is 1.18. The molecular formula is C11H12ClN3O3. The molecule has 0 aliphatic heterocycles. The zero-order chi connectivity index (χ0) is 13.3. The van der Waals surface area contributed by atoms with Crippen molar-refractivity contribution in [1.29, 1.82) is 0 Å². The first-order valence-corrected chi connectivity index (χ1v) is 5.62. The van der Waals surface area contributed by atoms with Crippen LogP contribution >= 0.6 is 11.6 Å². The van der Waals surface area contributed by atoms with Gasteiger partial charge in [-0.3, -0.25) is 9.36 Å². The van der Waals surface area contributed by atoms with E-state index in [2.05, 4.69) is 9.97 Å². The van der Waals surface area contributed by atoms with Crippen molar-refractivity contribution in [2.75, 3.05) is 7.11 Å². The second-order valence-corrected chi connectivity index (χ2v) is 4.11. The van der Waals surface area contributed by atoms with E-state index in [0.29, 0.717) is 5.89 Å². The van der Waals surface area contributed by atoms with Crippen molar-refractivity contribution in [3.05, 3.63) is 39.2 Å². The molecule has 2 rings (SSSR count). The highest BCUT2D eigenvalue weighted by Gasteiger charge is 2.13. The number of hydrogen-bond donors (Lipinski definition) is 0. The topological polar surface area (TPSA) is 70.2 Å². The molecule has 0 bridgehead atoms. The summed E-state index contributed by atoms with van der Waals surface area (Å²) in [5, 5.41) is 0.0403. The second kappa shape index (κ2) is 4.81. The van der Waals surface area contributed by atoms with Crippen LogP contribution in [0, 0.1) is 13.8 Å². The first-order chi connectivity index (χ1) is 8.52. The normalized spacial score (nSPS) is 10.7. The summed E-state index contributed by atoms with van der Waals surface area (Å²) in [7, 11) is 1.37. The summed E-state index contributed by atoms with van der Waals surface area (Å²) in [5.41, 5.74) is 0.429. The first-order valence-electron chi connectivity index (χ1n) is 5.24. The van der Waals surface area contributed by atoms with Gasteiger partial charge in [0.15, 0.2) is 5.15 Å². The Hall–Kier alpha value is -1.82. The van der Waals surface area contributed by atoms with Gasteiger partial charge in [0.05, 0.1) is 19.1 Å². The molecule has 0 unspecified atom stereocenters. The number of nitrogens with zero attached hydrogens (tertiary/aromatic N) is 3. The summed E-state index contributed by atoms with van der Waals surface area (Å²) in [6, 6.07) is 0. The van der Waals surface area contributed by atoms with Crippen LogP contribution in [0.3, 0.4) is 0 Å². The van der Waals surface area contributed by atoms with Crippen LogP contribution in [0.5, 0.6) is 5.75 Å². The fraction of sp³-hybridized carbons (Fsp3) is 0.364. The van der Waals surface area contributed by atoms with E-state index >= 15 is 0 Å². The van der Waals surface area contributed by atoms with Gasteiger partial charge in [0.1, 0.15) is 12.3 Å². The lowest BCUT2D eigenvalue weighted by Gasteiger charge is -2.05. The van der Waals surface area contributed by atoms with Crippen molar-refractivity contribution >= 4 is 11.6 Å². The van der Waals surface area contributed by atoms with Crippen LogP contribution in [0.15, 0.2) is 15.5 Å². The molecule has 0 aliphatic carbocycles. The average Bonchev–Trinajstić information content (AvgIpc) is 2.63. The second-order valence-electron chi connectivity index (χ2n) is 3.75. The number of aryl methyl sites for hydroxylation is 2. The molecule has 2 aromatic rings. The van der Waals surface area contributed by atoms with E-state index in [4.69, 9.17) is 20.8 Å². The zero-order valence-electron chi connectivity index (χ0n) is 10.2. The van der Waals surface area contributed by atoms with Crippen molar-refractivity contribution in [2.45, 2.75) is 20.4 Å². The fourth-order valence-corrected chi connectivity index (χ4v) is 1.69. The highest BCUT2D eigenvalue weighted by molar-refractivity contribution is 6.30. The van der Waals surface area contributed by atoms with E-state index in [-0.39, 0.29) is 23.0 Å². The van der Waals surface area contributed by atoms with Crippen LogP contribution < -0.4 is 10.3 Å². The highest BCUT2D eigenvalue weighted by Crippen LogP contribution is 2.15. The standard InChI is InChI=1S/C11H12ClN3O3/c1-6-7(2)18-8(14-6)4-15-5-13-10(12)9(17-3)11(15)16/h5H,4H2,1-3H3. The molecule has 96 valence electrons. The molecule has 0 aromatic carbocycles. The SMILES string of the molecule is COc1c(Cl)ncn(Cc2nc(C)c(C)o2)c1=O. The molecule has 0 N–H and O–H groups in total. The smallest absolute Gasteiger partial charge is 0.297 e. The molecule has 18 heavy (non-hydrogen) atoms. The largest absolute Gasteiger partial charge is 0.489 e. The number of rotatable bonds is 3. The van der Waals surface area contributed by atoms with E-state index in [1.165, 1.54) is 18.0 Å². The Kier molecular flexibility index (Phi) is 3.38. The first kappa shape index (κ1) is 12.6. The number of methoxy groups -OCH3 is 1. The minimum atomic E-state index is -0.369. The lowest BCUT2D eigenvalue weighted by molar-refractivity contribution is 0.396. The summed E-state index contributed by atoms with van der Waals surface area (Å²) in [6.07, 6.45) is 1.34. The summed E-state index contributed by atoms with van der Waals surface area (Å²) >= 11 is 5.75. The van der Waals surface area contributed by atoms with Crippen LogP contribution in [-0.2, 0) is 6.54 Å². The Morgan fingerprint density at radius 3 is 2.78 bits per heavy atom. The molecule has 7 heteroatoms. The maximum atomic E-state index is 12.0. The van der Waals surface area contributed by atoms with E-state index in [1.54, 1.807) is 0 Å². The van der Waals surface area contributed by atoms with Gasteiger partial charge in [-0.15, -0.1) is 0 Å². The van der Waals surface area contributed by atoms with Crippen molar-refractivity contribution < 1.29 is 9.15 Å². The minimum absolute atomic E-state index is 0.0131. The average molecular weight is 270 g/mol. The van der Waals surface area contributed by atoms with Gasteiger partial charge in [0.25, 0.3) is 5.56 Å². The number of ether oxygens (including phenoxy) is 1. The van der Waals surface area contributed by atoms with E-state index in [9.17, 15) is 4.79 Å². The Labute approximate surface area is 108 Å². The number of halogens is 1. The van der Waals surface area contributed by atoms with Crippen LogP contribution in [0.1, 0.15) is 17.3 Å². The van der Waals surface area contributed by atoms with Gasteiger partial charge in [-0.2, -0.15) is 0 Å². The maximum Gasteiger partial charge on any atom is 0.297 e. The molecule has 0 spiro atoms. The third-order valence-electron chi connectivity index (χ3n) is 2.54. The lowest BCUT2D eigenvalue weighted by Crippen LogP contribution is -2.22. The van der Waals surface area contributed by atoms with E-state index in [0.717, 1.165) is 11.5 Å². The van der Waals surface area contributed by atoms with Crippen molar-refractivity contribution in [1.82, 2.24) is 14.5 Å². The third-order valence-corrected chi connectivity index (χ3v) is 2.80. The summed E-state index contributed by atoms with van der Waals surface area (Å²) in [6.45, 7) is 3.84. The molecule has 6 nitrogen and oxygen atoms in total. The van der Waals surface area contributed by atoms with Gasteiger partial charge in [-0.1, -0.05) is 11.6 Å². The van der Waals surface area contributed by atoms with E-state index < -0.39 is 0 Å². The third kappa shape index (κ3) is 2.24. The van der Waals surface area contributed by atoms with Gasteiger partial charge in [-0.05, 0) is 13.8 Å². The number of hydrogen-bond acceptors (Lipinski definition) is 5. The Morgan fingerprint density at radius 2 is 2.22 bits per heavy atom. The van der Waals surface area contributed by atoms with Gasteiger partial charge in [0, 0.05) is 0 Å². The number of oxazole rings is 1. The van der Waals surface area contributed by atoms with Gasteiger partial charge < -0.3 is 9.15 Å². The van der Waals surface area contributed by atoms with Crippen molar-refractivity contribution in [2.24, 2.45) is 0 Å². The molecule has 0 aliphatic rings. The van der Waals surface area contributed by atoms with Crippen LogP contribution in [0.4, 0.5) is 0 Å². The van der Waals surface area contributed by atoms with Crippen molar-refractivity contribution in [3.8, 4) is 5.75 Å². The van der Waals surface area contributed by atoms with Gasteiger partial charge in [-0.25, -0.2) is 9.97 Å². The van der Waals surface area contributed by atoms with Crippen molar-refractivity contribution in [3.63, 3.8) is 0 Å². The quantitative estimate of drug-likeness (QED) is 0.791. The molecule has 0 saturated carbocycles. The Morgan fingerprint density at radius 1 is 1.50 bits per heavy atom. The molecule has 2 heterocycles. The lowest BCUT2D eigenvalue weighted by atomic mass is 10.4. The van der Waals surface area contributed by atoms with E-state index in [1.807, 2.05) is 13.8 Å².